The first kappa shape index (κ1) is 12.5. The van der Waals surface area contributed by atoms with E-state index in [0.29, 0.717) is 12.8 Å². The van der Waals surface area contributed by atoms with Crippen LogP contribution in [0.5, 0.6) is 0 Å². The number of rotatable bonds is 2. The van der Waals surface area contributed by atoms with Crippen molar-refractivity contribution in [2.24, 2.45) is 0 Å². The maximum Gasteiger partial charge on any atom is 0.479 e. The molecule has 1 fully saturated rings. The molecule has 1 aliphatic rings. The predicted octanol–water partition coefficient (Wildman–Crippen LogP) is 1.93. The Bertz CT molecular complexity index is 240. The van der Waals surface area contributed by atoms with E-state index in [9.17, 15) is 9.46 Å². The molecule has 2 unspecified atom stereocenters. The molecule has 0 radical (unpaired) electrons. The lowest BCUT2D eigenvalue weighted by molar-refractivity contribution is 0.0168. The first-order valence-electron chi connectivity index (χ1n) is 4.28. The Labute approximate surface area is 83.8 Å². The number of phosphoric ester groups is 1. The van der Waals surface area contributed by atoms with Crippen LogP contribution in [-0.2, 0) is 17.9 Å². The van der Waals surface area contributed by atoms with E-state index in [-0.39, 0.29) is 6.61 Å². The van der Waals surface area contributed by atoms with Crippen LogP contribution in [0.1, 0.15) is 26.7 Å². The molecule has 0 aromatic heterocycles. The monoisotopic (exact) mass is 244 g/mol. The maximum atomic E-state index is 11.1. The largest absolute Gasteiger partial charge is 0.479 e. The molecule has 6 nitrogen and oxygen atoms in total. The molecule has 2 atom stereocenters. The molecule has 0 saturated carbocycles. The summed E-state index contributed by atoms with van der Waals surface area (Å²) in [4.78, 5) is 18.3. The number of hydrogen-bond donors (Lipinski definition) is 2. The van der Waals surface area contributed by atoms with Crippen molar-refractivity contribution in [3.05, 3.63) is 0 Å². The van der Waals surface area contributed by atoms with Crippen molar-refractivity contribution in [2.45, 2.75) is 32.3 Å². The molecule has 1 saturated heterocycles. The van der Waals surface area contributed by atoms with Gasteiger partial charge in [0.1, 0.15) is 5.60 Å². The van der Waals surface area contributed by atoms with Gasteiger partial charge in [0.2, 0.25) is 0 Å². The Kier molecular flexibility index (Phi) is 4.06. The molecule has 0 bridgehead atoms. The number of phosphoric acid groups is 1. The lowest BCUT2D eigenvalue weighted by Crippen LogP contribution is -2.33. The highest BCUT2D eigenvalue weighted by Crippen LogP contribution is 2.60. The average Bonchev–Trinajstić information content (AvgIpc) is 2.22. The summed E-state index contributed by atoms with van der Waals surface area (Å²) < 4.78 is 25.3. The van der Waals surface area contributed by atoms with E-state index < -0.39 is 22.0 Å². The SMILES string of the molecule is CCC1(CC)COP(=O)(O)OP(O)O1. The first-order valence-corrected chi connectivity index (χ1v) is 6.91. The molecule has 8 heteroatoms. The standard InChI is InChI=1S/C6H14O6P2/c1-3-6(4-2)5-10-14(8,9)12-13(7)11-6/h7H,3-5H2,1-2H3,(H,8,9). The van der Waals surface area contributed by atoms with Crippen LogP contribution in [0.3, 0.4) is 0 Å². The van der Waals surface area contributed by atoms with Gasteiger partial charge in [0.25, 0.3) is 0 Å². The summed E-state index contributed by atoms with van der Waals surface area (Å²) in [6.45, 7) is 3.65. The van der Waals surface area contributed by atoms with Crippen molar-refractivity contribution < 1.29 is 27.7 Å². The molecule has 1 rings (SSSR count). The van der Waals surface area contributed by atoms with E-state index in [1.165, 1.54) is 0 Å². The minimum Gasteiger partial charge on any atom is -0.328 e. The molecular weight excluding hydrogens is 230 g/mol. The lowest BCUT2D eigenvalue weighted by Gasteiger charge is -2.28. The third kappa shape index (κ3) is 2.97. The molecule has 1 aliphatic heterocycles. The normalized spacial score (nSPS) is 37.9. The Morgan fingerprint density at radius 3 is 2.57 bits per heavy atom. The second kappa shape index (κ2) is 4.54. The topological polar surface area (TPSA) is 85.2 Å². The van der Waals surface area contributed by atoms with Crippen LogP contribution in [0.15, 0.2) is 0 Å². The first-order chi connectivity index (χ1) is 6.43. The van der Waals surface area contributed by atoms with Crippen LogP contribution >= 0.6 is 16.4 Å². The minimum atomic E-state index is -4.14. The highest BCUT2D eigenvalue weighted by atomic mass is 31.3. The van der Waals surface area contributed by atoms with Gasteiger partial charge in [-0.15, -0.1) is 0 Å². The lowest BCUT2D eigenvalue weighted by atomic mass is 9.99. The van der Waals surface area contributed by atoms with Gasteiger partial charge in [0, 0.05) is 0 Å². The van der Waals surface area contributed by atoms with Crippen LogP contribution in [0.25, 0.3) is 0 Å². The summed E-state index contributed by atoms with van der Waals surface area (Å²) in [5.74, 6) is 0. The minimum absolute atomic E-state index is 0.0484. The van der Waals surface area contributed by atoms with E-state index in [4.69, 9.17) is 9.42 Å². The molecule has 0 aromatic carbocycles. The molecule has 14 heavy (non-hydrogen) atoms. The van der Waals surface area contributed by atoms with E-state index in [0.717, 1.165) is 0 Å². The summed E-state index contributed by atoms with van der Waals surface area (Å²) in [6.07, 6.45) is 1.15. The van der Waals surface area contributed by atoms with Crippen LogP contribution in [0, 0.1) is 0 Å². The van der Waals surface area contributed by atoms with E-state index in [1.54, 1.807) is 0 Å². The van der Waals surface area contributed by atoms with Crippen molar-refractivity contribution in [3.63, 3.8) is 0 Å². The number of hydrogen-bond acceptors (Lipinski definition) is 5. The van der Waals surface area contributed by atoms with Gasteiger partial charge in [0.05, 0.1) is 6.61 Å². The second-order valence-electron chi connectivity index (χ2n) is 3.04. The van der Waals surface area contributed by atoms with Crippen LogP contribution in [0.2, 0.25) is 0 Å². The fourth-order valence-electron chi connectivity index (χ4n) is 1.10. The van der Waals surface area contributed by atoms with E-state index in [2.05, 4.69) is 8.83 Å². The van der Waals surface area contributed by atoms with Gasteiger partial charge in [0.15, 0.2) is 0 Å². The highest BCUT2D eigenvalue weighted by molar-refractivity contribution is 7.58. The van der Waals surface area contributed by atoms with Gasteiger partial charge in [-0.1, -0.05) is 13.8 Å². The smallest absolute Gasteiger partial charge is 0.328 e. The van der Waals surface area contributed by atoms with Gasteiger partial charge < -0.3 is 14.3 Å². The Morgan fingerprint density at radius 2 is 2.07 bits per heavy atom. The highest BCUT2D eigenvalue weighted by Gasteiger charge is 2.42. The molecule has 2 N–H and O–H groups in total. The molecular formula is C6H14O6P2. The fourth-order valence-corrected chi connectivity index (χ4v) is 3.17. The van der Waals surface area contributed by atoms with E-state index in [1.807, 2.05) is 13.8 Å². The molecule has 0 amide bonds. The zero-order valence-electron chi connectivity index (χ0n) is 8.04. The Morgan fingerprint density at radius 1 is 1.50 bits per heavy atom. The molecule has 0 spiro atoms. The summed E-state index contributed by atoms with van der Waals surface area (Å²) in [5.41, 5.74) is -0.727. The van der Waals surface area contributed by atoms with Gasteiger partial charge in [-0.3, -0.25) is 4.52 Å². The molecule has 0 aliphatic carbocycles. The van der Waals surface area contributed by atoms with Crippen molar-refractivity contribution in [1.29, 1.82) is 0 Å². The molecule has 0 aromatic rings. The summed E-state index contributed by atoms with van der Waals surface area (Å²) in [7, 11) is -6.48. The van der Waals surface area contributed by atoms with Gasteiger partial charge in [-0.25, -0.2) is 8.88 Å². The quantitative estimate of drug-likeness (QED) is 0.722. The average molecular weight is 244 g/mol. The van der Waals surface area contributed by atoms with Crippen LogP contribution in [-0.4, -0.2) is 22.0 Å². The third-order valence-corrected chi connectivity index (χ3v) is 4.61. The summed E-state index contributed by atoms with van der Waals surface area (Å²) >= 11 is 0. The van der Waals surface area contributed by atoms with Crippen LogP contribution in [0.4, 0.5) is 0 Å². The third-order valence-electron chi connectivity index (χ3n) is 2.22. The van der Waals surface area contributed by atoms with Gasteiger partial charge in [-0.2, -0.15) is 0 Å². The van der Waals surface area contributed by atoms with Crippen LogP contribution < -0.4 is 0 Å². The Balaban J connectivity index is 2.80. The molecule has 84 valence electrons. The zero-order chi connectivity index (χ0) is 10.8. The predicted molar refractivity (Wildman–Crippen MR) is 50.4 cm³/mol. The molecule has 1 heterocycles. The van der Waals surface area contributed by atoms with Gasteiger partial charge in [-0.05, 0) is 12.8 Å². The zero-order valence-corrected chi connectivity index (χ0v) is 9.83. The second-order valence-corrected chi connectivity index (χ2v) is 5.55. The Hall–Kier alpha value is 0.460. The van der Waals surface area contributed by atoms with Crippen molar-refractivity contribution >= 4 is 16.4 Å². The fraction of sp³-hybridized carbons (Fsp3) is 1.00. The van der Waals surface area contributed by atoms with Gasteiger partial charge >= 0.3 is 16.4 Å². The van der Waals surface area contributed by atoms with Crippen molar-refractivity contribution in [2.75, 3.05) is 6.61 Å². The summed E-state index contributed by atoms with van der Waals surface area (Å²) in [6, 6.07) is 0. The van der Waals surface area contributed by atoms with Crippen molar-refractivity contribution in [1.82, 2.24) is 0 Å². The van der Waals surface area contributed by atoms with Crippen molar-refractivity contribution in [3.8, 4) is 0 Å². The maximum absolute atomic E-state index is 11.1. The summed E-state index contributed by atoms with van der Waals surface area (Å²) in [5, 5.41) is 0. The van der Waals surface area contributed by atoms with E-state index >= 15 is 0 Å².